The summed E-state index contributed by atoms with van der Waals surface area (Å²) in [6, 6.07) is 26.3. The molecule has 1 aliphatic heterocycles. The van der Waals surface area contributed by atoms with Gasteiger partial charge in [-0.1, -0.05) is 72.8 Å². The van der Waals surface area contributed by atoms with Crippen molar-refractivity contribution in [2.24, 2.45) is 0 Å². The summed E-state index contributed by atoms with van der Waals surface area (Å²) in [7, 11) is 0. The van der Waals surface area contributed by atoms with Crippen molar-refractivity contribution < 1.29 is 32.1 Å². The molecule has 0 saturated heterocycles. The van der Waals surface area contributed by atoms with E-state index in [-0.39, 0.29) is 41.6 Å². The number of Topliss-reactive ketones (excluding diaryl/α,β-unsaturated/α-hetero) is 2. The van der Waals surface area contributed by atoms with Gasteiger partial charge in [0.15, 0.2) is 11.6 Å². The number of halogens is 1. The van der Waals surface area contributed by atoms with Gasteiger partial charge in [-0.3, -0.25) is 9.59 Å². The quantitative estimate of drug-likeness (QED) is 0.416. The summed E-state index contributed by atoms with van der Waals surface area (Å²) in [6.45, 7) is 0.466. The van der Waals surface area contributed by atoms with Crippen LogP contribution in [-0.2, 0) is 0 Å². The zero-order valence-corrected chi connectivity index (χ0v) is 16.7. The van der Waals surface area contributed by atoms with Crippen molar-refractivity contribution in [1.29, 1.82) is 0 Å². The van der Waals surface area contributed by atoms with Gasteiger partial charge in [0.1, 0.15) is 24.5 Å². The van der Waals surface area contributed by atoms with E-state index < -0.39 is 0 Å². The van der Waals surface area contributed by atoms with Crippen LogP contribution in [0.2, 0.25) is 0 Å². The Morgan fingerprint density at radius 2 is 0.964 bits per heavy atom. The molecule has 2 N–H and O–H groups in total. The molecule has 3 aromatic rings. The van der Waals surface area contributed by atoms with E-state index in [4.69, 9.17) is 0 Å². The summed E-state index contributed by atoms with van der Waals surface area (Å²) in [5.41, 5.74) is 5.08. The Kier molecular flexibility index (Phi) is 6.23. The highest BCUT2D eigenvalue weighted by Gasteiger charge is 2.32. The molecule has 0 amide bonds. The van der Waals surface area contributed by atoms with E-state index in [9.17, 15) is 9.59 Å². The van der Waals surface area contributed by atoms with Crippen LogP contribution in [0.25, 0.3) is 0 Å². The van der Waals surface area contributed by atoms with E-state index >= 15 is 0 Å². The van der Waals surface area contributed by atoms with Gasteiger partial charge < -0.3 is 17.0 Å². The summed E-state index contributed by atoms with van der Waals surface area (Å²) in [6.07, 6.45) is 0. The molecule has 0 radical (unpaired) electrons. The van der Waals surface area contributed by atoms with Crippen LogP contribution in [0.15, 0.2) is 84.9 Å². The second-order valence-electron chi connectivity index (χ2n) is 6.44. The van der Waals surface area contributed by atoms with Gasteiger partial charge in [0.2, 0.25) is 0 Å². The van der Waals surface area contributed by atoms with Crippen molar-refractivity contribution >= 4 is 22.9 Å². The Labute approximate surface area is 174 Å². The van der Waals surface area contributed by atoms with Crippen molar-refractivity contribution in [2.75, 3.05) is 23.1 Å². The molecule has 0 spiro atoms. The lowest BCUT2D eigenvalue weighted by Gasteiger charge is -2.17. The van der Waals surface area contributed by atoms with Gasteiger partial charge in [0.25, 0.3) is 0 Å². The van der Waals surface area contributed by atoms with E-state index in [2.05, 4.69) is 0 Å². The van der Waals surface area contributed by atoms with E-state index in [0.717, 1.165) is 11.4 Å². The van der Waals surface area contributed by atoms with Crippen LogP contribution >= 0.6 is 0 Å². The first-order chi connectivity index (χ1) is 13.2. The average Bonchev–Trinajstić information content (AvgIpc) is 3.06. The lowest BCUT2D eigenvalue weighted by Crippen LogP contribution is -3.01. The summed E-state index contributed by atoms with van der Waals surface area (Å²) in [5.74, 6) is 0.0794. The number of hydrogen-bond donors (Lipinski definition) is 1. The molecule has 0 fully saturated rings. The number of hydrogen-bond acceptors (Lipinski definition) is 4. The van der Waals surface area contributed by atoms with Crippen LogP contribution < -0.4 is 32.5 Å². The van der Waals surface area contributed by atoms with Gasteiger partial charge >= 0.3 is 0 Å². The standard InChI is InChI=1S/C22H19N3O2.BrH/c26-21(17-9-3-1-4-10-17)15-24-19-13-7-8-14-20(19)25(23-24)16-22(27)18-11-5-2-6-12-18;/h1-14,23H,15-16H2;1H. The van der Waals surface area contributed by atoms with Gasteiger partial charge in [0.05, 0.1) is 0 Å². The largest absolute Gasteiger partial charge is 1.00 e. The fraction of sp³-hybridized carbons (Fsp3) is 0.0909. The molecule has 3 aromatic carbocycles. The molecule has 5 nitrogen and oxygen atoms in total. The summed E-state index contributed by atoms with van der Waals surface area (Å²) < 4.78 is 0. The maximum Gasteiger partial charge on any atom is 0.187 e. The fourth-order valence-electron chi connectivity index (χ4n) is 3.23. The lowest BCUT2D eigenvalue weighted by atomic mass is 10.1. The maximum absolute atomic E-state index is 12.6. The Hall–Kier alpha value is -2.96. The molecule has 1 aliphatic rings. The third kappa shape index (κ3) is 4.13. The van der Waals surface area contributed by atoms with Gasteiger partial charge in [-0.05, 0) is 12.1 Å². The molecule has 4 rings (SSSR count). The Morgan fingerprint density at radius 1 is 0.607 bits per heavy atom. The minimum absolute atomic E-state index is 0. The third-order valence-corrected chi connectivity index (χ3v) is 4.60. The first-order valence-electron chi connectivity index (χ1n) is 8.86. The molecule has 0 aliphatic carbocycles. The number of anilines is 2. The number of carbonyl (C=O) groups is 2. The fourth-order valence-corrected chi connectivity index (χ4v) is 3.23. The topological polar surface area (TPSA) is 57.2 Å². The Morgan fingerprint density at radius 3 is 1.36 bits per heavy atom. The number of rotatable bonds is 6. The average molecular weight is 438 g/mol. The number of quaternary nitrogens is 1. The molecule has 0 atom stereocenters. The summed E-state index contributed by atoms with van der Waals surface area (Å²) >= 11 is 0. The molecular formula is C22H20BrN3O2. The number of benzene rings is 3. The highest BCUT2D eigenvalue weighted by molar-refractivity contribution is 6.01. The first kappa shape index (κ1) is 19.8. The van der Waals surface area contributed by atoms with Gasteiger partial charge in [0, 0.05) is 11.1 Å². The Bertz CT molecular complexity index is 885. The van der Waals surface area contributed by atoms with Crippen LogP contribution in [0.5, 0.6) is 0 Å². The van der Waals surface area contributed by atoms with Crippen molar-refractivity contribution in [3.8, 4) is 0 Å². The number of fused-ring (bicyclic) bond motifs is 1. The van der Waals surface area contributed by atoms with E-state index in [1.54, 1.807) is 0 Å². The molecule has 28 heavy (non-hydrogen) atoms. The van der Waals surface area contributed by atoms with Crippen molar-refractivity contribution in [3.05, 3.63) is 96.1 Å². The monoisotopic (exact) mass is 437 g/mol. The second-order valence-corrected chi connectivity index (χ2v) is 6.44. The summed E-state index contributed by atoms with van der Waals surface area (Å²) in [5, 5.41) is 3.81. The molecule has 6 heteroatoms. The predicted octanol–water partition coefficient (Wildman–Crippen LogP) is -0.524. The number of nitrogens with zero attached hydrogens (tertiary/aromatic N) is 2. The SMILES string of the molecule is O=C(CN1[NH2+]N(CC(=O)c2ccccc2)c2ccccc21)c1ccccc1.[Br-]. The van der Waals surface area contributed by atoms with Crippen LogP contribution in [0.3, 0.4) is 0 Å². The van der Waals surface area contributed by atoms with Crippen molar-refractivity contribution in [1.82, 2.24) is 0 Å². The minimum Gasteiger partial charge on any atom is -1.00 e. The van der Waals surface area contributed by atoms with Gasteiger partial charge in [-0.25, -0.2) is 0 Å². The van der Waals surface area contributed by atoms with Crippen LogP contribution in [-0.4, -0.2) is 24.7 Å². The molecule has 0 saturated carbocycles. The highest BCUT2D eigenvalue weighted by atomic mass is 79.9. The molecule has 1 heterocycles. The van der Waals surface area contributed by atoms with Crippen molar-refractivity contribution in [3.63, 3.8) is 0 Å². The van der Waals surface area contributed by atoms with Gasteiger partial charge in [-0.2, -0.15) is 10.0 Å². The Balaban J connectivity index is 0.00000225. The lowest BCUT2D eigenvalue weighted by molar-refractivity contribution is -0.668. The summed E-state index contributed by atoms with van der Waals surface area (Å²) in [4.78, 5) is 25.2. The second kappa shape index (κ2) is 8.82. The minimum atomic E-state index is 0. The molecular weight excluding hydrogens is 418 g/mol. The first-order valence-corrected chi connectivity index (χ1v) is 8.86. The third-order valence-electron chi connectivity index (χ3n) is 4.60. The predicted molar refractivity (Wildman–Crippen MR) is 105 cm³/mol. The van der Waals surface area contributed by atoms with E-state index in [0.29, 0.717) is 11.1 Å². The molecule has 142 valence electrons. The van der Waals surface area contributed by atoms with Crippen LogP contribution in [0.4, 0.5) is 11.4 Å². The zero-order valence-electron chi connectivity index (χ0n) is 15.2. The van der Waals surface area contributed by atoms with Crippen LogP contribution in [0.1, 0.15) is 20.7 Å². The van der Waals surface area contributed by atoms with E-state index in [1.165, 1.54) is 0 Å². The maximum atomic E-state index is 12.6. The number of ketones is 2. The zero-order chi connectivity index (χ0) is 18.6. The normalized spacial score (nSPS) is 12.3. The van der Waals surface area contributed by atoms with Crippen molar-refractivity contribution in [2.45, 2.75) is 0 Å². The molecule has 0 aromatic heterocycles. The number of nitrogens with two attached hydrogens (primary N) is 1. The molecule has 0 bridgehead atoms. The van der Waals surface area contributed by atoms with Gasteiger partial charge in [-0.15, -0.1) is 5.53 Å². The van der Waals surface area contributed by atoms with Crippen LogP contribution in [0, 0.1) is 0 Å². The smallest absolute Gasteiger partial charge is 0.187 e. The highest BCUT2D eigenvalue weighted by Crippen LogP contribution is 2.29. The molecule has 0 unspecified atom stereocenters. The number of para-hydroxylation sites is 2. The van der Waals surface area contributed by atoms with E-state index in [1.807, 2.05) is 100 Å². The number of carbonyl (C=O) groups excluding carboxylic acids is 2.